The number of carbonyl (C=O) groups is 2. The predicted molar refractivity (Wildman–Crippen MR) is 130 cm³/mol. The number of fused-ring (bicyclic) bond motifs is 2. The van der Waals surface area contributed by atoms with Crippen molar-refractivity contribution in [2.24, 2.45) is 0 Å². The lowest BCUT2D eigenvalue weighted by Crippen LogP contribution is -2.37. The Bertz CT molecular complexity index is 1270. The summed E-state index contributed by atoms with van der Waals surface area (Å²) in [5.41, 5.74) is 2.03. The van der Waals surface area contributed by atoms with Crippen LogP contribution in [0.25, 0.3) is 6.08 Å². The largest absolute Gasteiger partial charge is 0.486 e. The average molecular weight is 472 g/mol. The van der Waals surface area contributed by atoms with Gasteiger partial charge in [-0.05, 0) is 41.5 Å². The highest BCUT2D eigenvalue weighted by atomic mass is 16.7. The fraction of sp³-hybridized carbons (Fsp3) is 0.185. The van der Waals surface area contributed by atoms with Crippen LogP contribution in [0, 0.1) is 0 Å². The number of hydrogen-bond acceptors (Lipinski definition) is 6. The average Bonchev–Trinajstić information content (AvgIpc) is 3.36. The quantitative estimate of drug-likeness (QED) is 0.545. The van der Waals surface area contributed by atoms with Crippen LogP contribution < -0.4 is 24.3 Å². The van der Waals surface area contributed by atoms with Gasteiger partial charge in [0.15, 0.2) is 23.0 Å². The molecule has 35 heavy (non-hydrogen) atoms. The van der Waals surface area contributed by atoms with Gasteiger partial charge in [-0.1, -0.05) is 36.4 Å². The second-order valence-electron chi connectivity index (χ2n) is 8.06. The summed E-state index contributed by atoms with van der Waals surface area (Å²) in [6, 6.07) is 19.0. The van der Waals surface area contributed by atoms with Crippen LogP contribution >= 0.6 is 0 Å². The highest BCUT2D eigenvalue weighted by Crippen LogP contribution is 2.34. The number of nitrogens with zero attached hydrogens (tertiary/aromatic N) is 1. The number of ether oxygens (including phenoxy) is 4. The number of carbonyl (C=O) groups excluding carboxylic acids is 2. The molecule has 2 aliphatic rings. The third-order valence-corrected chi connectivity index (χ3v) is 5.72. The van der Waals surface area contributed by atoms with Gasteiger partial charge in [-0.3, -0.25) is 9.59 Å². The first-order valence-electron chi connectivity index (χ1n) is 11.2. The summed E-state index contributed by atoms with van der Waals surface area (Å²) in [5, 5.41) is 2.91. The van der Waals surface area contributed by atoms with Gasteiger partial charge in [0, 0.05) is 24.9 Å². The van der Waals surface area contributed by atoms with Crippen molar-refractivity contribution >= 4 is 23.6 Å². The van der Waals surface area contributed by atoms with E-state index >= 15 is 0 Å². The highest BCUT2D eigenvalue weighted by Gasteiger charge is 2.28. The Morgan fingerprint density at radius 1 is 0.857 bits per heavy atom. The summed E-state index contributed by atoms with van der Waals surface area (Å²) in [6.07, 6.45) is 3.12. The number of hydrogen-bond donors (Lipinski definition) is 1. The molecule has 0 saturated carbocycles. The van der Waals surface area contributed by atoms with Crippen LogP contribution in [0.1, 0.15) is 17.2 Å². The monoisotopic (exact) mass is 472 g/mol. The molecule has 3 aromatic rings. The maximum atomic E-state index is 13.4. The van der Waals surface area contributed by atoms with Crippen LogP contribution in [0.5, 0.6) is 23.0 Å². The minimum atomic E-state index is -0.849. The molecular formula is C27H24N2O6. The molecule has 0 spiro atoms. The zero-order valence-electron chi connectivity index (χ0n) is 19.1. The fourth-order valence-corrected chi connectivity index (χ4v) is 3.95. The Morgan fingerprint density at radius 3 is 2.37 bits per heavy atom. The van der Waals surface area contributed by atoms with Crippen LogP contribution in [-0.2, 0) is 9.59 Å². The lowest BCUT2D eigenvalue weighted by Gasteiger charge is -2.27. The van der Waals surface area contributed by atoms with Crippen molar-refractivity contribution in [3.05, 3.63) is 83.9 Å². The second kappa shape index (κ2) is 9.80. The zero-order valence-corrected chi connectivity index (χ0v) is 19.1. The number of likely N-dealkylation sites (N-methyl/N-ethyl adjacent to an activating group) is 1. The van der Waals surface area contributed by atoms with E-state index in [-0.39, 0.29) is 18.6 Å². The van der Waals surface area contributed by atoms with Crippen molar-refractivity contribution in [3.8, 4) is 23.0 Å². The molecule has 2 amide bonds. The van der Waals surface area contributed by atoms with Gasteiger partial charge >= 0.3 is 0 Å². The summed E-state index contributed by atoms with van der Waals surface area (Å²) in [5.74, 6) is 1.84. The number of amides is 2. The Kier molecular flexibility index (Phi) is 6.26. The number of rotatable bonds is 6. The van der Waals surface area contributed by atoms with Gasteiger partial charge in [0.25, 0.3) is 5.91 Å². The molecule has 8 heteroatoms. The van der Waals surface area contributed by atoms with E-state index in [0.29, 0.717) is 47.5 Å². The summed E-state index contributed by atoms with van der Waals surface area (Å²) in [7, 11) is 1.60. The van der Waals surface area contributed by atoms with Crippen LogP contribution in [0.3, 0.4) is 0 Å². The molecule has 178 valence electrons. The van der Waals surface area contributed by atoms with Crippen molar-refractivity contribution in [2.45, 2.75) is 6.04 Å². The van der Waals surface area contributed by atoms with E-state index < -0.39 is 6.04 Å². The predicted octanol–water partition coefficient (Wildman–Crippen LogP) is 4.04. The van der Waals surface area contributed by atoms with Crippen molar-refractivity contribution in [2.75, 3.05) is 32.4 Å². The number of benzene rings is 3. The molecule has 0 aromatic heterocycles. The molecule has 0 saturated heterocycles. The molecule has 0 bridgehead atoms. The van der Waals surface area contributed by atoms with Crippen molar-refractivity contribution in [3.63, 3.8) is 0 Å². The third-order valence-electron chi connectivity index (χ3n) is 5.72. The number of anilines is 1. The standard InChI is InChI=1S/C27H24N2O6/c1-29(25(30)12-8-18-7-10-22-23(15-18)35-17-34-22)26(19-5-3-2-4-6-19)27(31)28-20-9-11-21-24(16-20)33-14-13-32-21/h2-12,15-16,26H,13-14,17H2,1H3,(H,28,31)/b12-8+/t26-/m1/s1. The van der Waals surface area contributed by atoms with Gasteiger partial charge in [0.05, 0.1) is 0 Å². The topological polar surface area (TPSA) is 86.3 Å². The summed E-state index contributed by atoms with van der Waals surface area (Å²) < 4.78 is 21.9. The smallest absolute Gasteiger partial charge is 0.251 e. The molecule has 3 aromatic carbocycles. The second-order valence-corrected chi connectivity index (χ2v) is 8.06. The fourth-order valence-electron chi connectivity index (χ4n) is 3.95. The summed E-state index contributed by atoms with van der Waals surface area (Å²) in [6.45, 7) is 1.12. The van der Waals surface area contributed by atoms with E-state index in [9.17, 15) is 9.59 Å². The van der Waals surface area contributed by atoms with Crippen molar-refractivity contribution < 1.29 is 28.5 Å². The van der Waals surface area contributed by atoms with Gasteiger partial charge in [-0.25, -0.2) is 0 Å². The van der Waals surface area contributed by atoms with Gasteiger partial charge in [-0.15, -0.1) is 0 Å². The Hall–Kier alpha value is -4.46. The minimum Gasteiger partial charge on any atom is -0.486 e. The van der Waals surface area contributed by atoms with Gasteiger partial charge in [-0.2, -0.15) is 0 Å². The molecule has 5 rings (SSSR count). The van der Waals surface area contributed by atoms with E-state index in [1.807, 2.05) is 36.4 Å². The molecule has 0 radical (unpaired) electrons. The third kappa shape index (κ3) is 4.91. The van der Waals surface area contributed by atoms with E-state index in [2.05, 4.69) is 5.32 Å². The molecular weight excluding hydrogens is 448 g/mol. The van der Waals surface area contributed by atoms with Gasteiger partial charge < -0.3 is 29.2 Å². The lowest BCUT2D eigenvalue weighted by atomic mass is 10.0. The SMILES string of the molecule is CN(C(=O)/C=C/c1ccc2c(c1)OCO2)[C@@H](C(=O)Nc1ccc2c(c1)OCCO2)c1ccccc1. The van der Waals surface area contributed by atoms with Crippen LogP contribution in [-0.4, -0.2) is 43.8 Å². The first-order valence-corrected chi connectivity index (χ1v) is 11.2. The molecule has 0 fully saturated rings. The Labute approximate surface area is 202 Å². The van der Waals surface area contributed by atoms with E-state index in [4.69, 9.17) is 18.9 Å². The molecule has 0 aliphatic carbocycles. The maximum Gasteiger partial charge on any atom is 0.251 e. The molecule has 1 N–H and O–H groups in total. The maximum absolute atomic E-state index is 13.4. The first kappa shape index (κ1) is 22.3. The number of nitrogens with one attached hydrogen (secondary N) is 1. The van der Waals surface area contributed by atoms with E-state index in [1.165, 1.54) is 11.0 Å². The molecule has 1 atom stereocenters. The van der Waals surface area contributed by atoms with Crippen LogP contribution in [0.15, 0.2) is 72.8 Å². The molecule has 0 unspecified atom stereocenters. The van der Waals surface area contributed by atoms with Crippen LogP contribution in [0.4, 0.5) is 5.69 Å². The lowest BCUT2D eigenvalue weighted by molar-refractivity contribution is -0.133. The summed E-state index contributed by atoms with van der Waals surface area (Å²) in [4.78, 5) is 27.9. The van der Waals surface area contributed by atoms with E-state index in [0.717, 1.165) is 5.56 Å². The van der Waals surface area contributed by atoms with Crippen molar-refractivity contribution in [1.82, 2.24) is 4.90 Å². The summed E-state index contributed by atoms with van der Waals surface area (Å²) >= 11 is 0. The molecule has 2 aliphatic heterocycles. The normalized spacial score (nSPS) is 14.4. The Balaban J connectivity index is 1.35. The zero-order chi connectivity index (χ0) is 24.2. The molecule has 8 nitrogen and oxygen atoms in total. The van der Waals surface area contributed by atoms with E-state index in [1.54, 1.807) is 43.5 Å². The van der Waals surface area contributed by atoms with Gasteiger partial charge in [0.1, 0.15) is 19.3 Å². The highest BCUT2D eigenvalue weighted by molar-refractivity contribution is 6.00. The first-order chi connectivity index (χ1) is 17.1. The van der Waals surface area contributed by atoms with Crippen molar-refractivity contribution in [1.29, 1.82) is 0 Å². The van der Waals surface area contributed by atoms with Crippen LogP contribution in [0.2, 0.25) is 0 Å². The molecule has 2 heterocycles. The Morgan fingerprint density at radius 2 is 1.54 bits per heavy atom. The van der Waals surface area contributed by atoms with Gasteiger partial charge in [0.2, 0.25) is 12.7 Å². The minimum absolute atomic E-state index is 0.182.